The minimum Gasteiger partial charge on any atom is -0.508 e. The van der Waals surface area contributed by atoms with Crippen molar-refractivity contribution in [2.24, 2.45) is 29.0 Å². The normalized spacial score (nSPS) is 13.7. The zero-order valence-electron chi connectivity index (χ0n) is 40.9. The molecule has 0 aromatic heterocycles. The van der Waals surface area contributed by atoms with Crippen LogP contribution in [0.1, 0.15) is 188 Å². The summed E-state index contributed by atoms with van der Waals surface area (Å²) in [7, 11) is 0. The van der Waals surface area contributed by atoms with Gasteiger partial charge < -0.3 is 48.9 Å². The predicted octanol–water partition coefficient (Wildman–Crippen LogP) is 6.07. The molecule has 0 aliphatic carbocycles. The summed E-state index contributed by atoms with van der Waals surface area (Å²) in [4.78, 5) is 81.0. The molecule has 0 unspecified atom stereocenters. The molecule has 12 N–H and O–H groups in total. The summed E-state index contributed by atoms with van der Waals surface area (Å²) in [6.07, 6.45) is 21.6. The zero-order chi connectivity index (χ0) is 48.4. The summed E-state index contributed by atoms with van der Waals surface area (Å²) in [6.45, 7) is 10.4. The fraction of sp³-hybridized carbons (Fsp3) is 0.760. The molecular weight excluding hydrogens is 825 g/mol. The van der Waals surface area contributed by atoms with Crippen LogP contribution in [0.5, 0.6) is 5.75 Å². The van der Waals surface area contributed by atoms with E-state index in [0.29, 0.717) is 50.8 Å². The van der Waals surface area contributed by atoms with Crippen LogP contribution in [0.4, 0.5) is 0 Å². The first kappa shape index (κ1) is 58.8. The van der Waals surface area contributed by atoms with Gasteiger partial charge in [0.1, 0.15) is 36.0 Å². The number of carbonyl (C=O) groups excluding carboxylic acids is 6. The Bertz CT molecular complexity index is 1490. The number of rotatable bonds is 39. The van der Waals surface area contributed by atoms with Crippen LogP contribution in [0.15, 0.2) is 24.3 Å². The number of amides is 6. The highest BCUT2D eigenvalue weighted by Gasteiger charge is 2.33. The van der Waals surface area contributed by atoms with Crippen molar-refractivity contribution in [1.82, 2.24) is 26.6 Å². The Morgan fingerprint density at radius 3 is 1.37 bits per heavy atom. The maximum atomic E-state index is 14.1. The molecular formula is C50H90N8O7. The fourth-order valence-electron chi connectivity index (χ4n) is 7.83. The number of carbonyl (C=O) groups is 6. The molecule has 372 valence electrons. The van der Waals surface area contributed by atoms with Crippen molar-refractivity contribution in [3.8, 4) is 5.75 Å². The van der Waals surface area contributed by atoms with Gasteiger partial charge in [0.2, 0.25) is 35.4 Å². The van der Waals surface area contributed by atoms with E-state index >= 15 is 0 Å². The average molecular weight is 915 g/mol. The largest absolute Gasteiger partial charge is 0.508 e. The number of phenolic OH excluding ortho intramolecular Hbond substituents is 1. The van der Waals surface area contributed by atoms with Crippen LogP contribution >= 0.6 is 0 Å². The molecule has 0 bridgehead atoms. The van der Waals surface area contributed by atoms with E-state index in [1.807, 2.05) is 27.7 Å². The van der Waals surface area contributed by atoms with Crippen LogP contribution in [0.25, 0.3) is 0 Å². The number of hydrogen-bond acceptors (Lipinski definition) is 9. The molecule has 0 aliphatic rings. The van der Waals surface area contributed by atoms with Gasteiger partial charge in [0, 0.05) is 12.8 Å². The number of aromatic hydroxyl groups is 1. The van der Waals surface area contributed by atoms with Crippen LogP contribution in [0.3, 0.4) is 0 Å². The van der Waals surface area contributed by atoms with E-state index in [1.54, 1.807) is 12.1 Å². The maximum Gasteiger partial charge on any atom is 0.243 e. The smallest absolute Gasteiger partial charge is 0.243 e. The second kappa shape index (κ2) is 35.9. The molecule has 15 nitrogen and oxygen atoms in total. The molecule has 6 amide bonds. The van der Waals surface area contributed by atoms with Gasteiger partial charge in [-0.05, 0) is 94.0 Å². The third kappa shape index (κ3) is 27.8. The van der Waals surface area contributed by atoms with Gasteiger partial charge in [-0.3, -0.25) is 28.8 Å². The fourth-order valence-corrected chi connectivity index (χ4v) is 7.83. The number of benzene rings is 1. The molecule has 65 heavy (non-hydrogen) atoms. The van der Waals surface area contributed by atoms with E-state index < -0.39 is 59.7 Å². The lowest BCUT2D eigenvalue weighted by molar-refractivity contribution is -0.135. The number of unbranched alkanes of at least 4 members (excludes halogenated alkanes) is 16. The van der Waals surface area contributed by atoms with Crippen molar-refractivity contribution < 1.29 is 33.9 Å². The Kier molecular flexibility index (Phi) is 32.5. The zero-order valence-corrected chi connectivity index (χ0v) is 40.9. The van der Waals surface area contributed by atoms with Crippen molar-refractivity contribution >= 4 is 35.4 Å². The Balaban J connectivity index is 2.97. The van der Waals surface area contributed by atoms with Crippen molar-refractivity contribution in [3.63, 3.8) is 0 Å². The number of phenols is 1. The van der Waals surface area contributed by atoms with E-state index in [9.17, 15) is 33.9 Å². The molecule has 15 heteroatoms. The molecule has 0 spiro atoms. The molecule has 0 radical (unpaired) electrons. The van der Waals surface area contributed by atoms with Gasteiger partial charge in [-0.15, -0.1) is 0 Å². The van der Waals surface area contributed by atoms with Crippen molar-refractivity contribution in [3.05, 3.63) is 29.8 Å². The molecule has 0 saturated carbocycles. The molecule has 0 heterocycles. The molecule has 1 aromatic carbocycles. The molecule has 0 saturated heterocycles. The number of primary amides is 1. The van der Waals surface area contributed by atoms with Crippen molar-refractivity contribution in [2.45, 2.75) is 219 Å². The number of nitrogens with two attached hydrogens (primary N) is 3. The predicted molar refractivity (Wildman–Crippen MR) is 260 cm³/mol. The van der Waals surface area contributed by atoms with Gasteiger partial charge in [-0.2, -0.15) is 0 Å². The quantitative estimate of drug-likeness (QED) is 0.0347. The number of nitrogens with one attached hydrogen (secondary N) is 5. The maximum absolute atomic E-state index is 14.1. The summed E-state index contributed by atoms with van der Waals surface area (Å²) >= 11 is 0. The Hall–Kier alpha value is -4.24. The second-order valence-corrected chi connectivity index (χ2v) is 18.7. The van der Waals surface area contributed by atoms with Crippen LogP contribution in [-0.2, 0) is 35.2 Å². The standard InChI is InChI=1S/C50H90N8O7/c1-6-7-8-9-10-11-12-13-14-15-16-17-18-19-20-27-44(60)58-45(37(4)5)50(65)55-41(26-22-24-33-52)47(62)54-40(25-21-23-32-51)48(63)57-43(35-38-28-30-39(59)31-29-38)49(64)56-42(46(53)61)34-36(2)3/h28-31,36-37,40-43,45,59H,6-27,32-35,51-52H2,1-5H3,(H2,53,61)(H,54,62)(H,55,65)(H,56,64)(H,57,63)(H,58,60)/t40-,41-,42-,43-,45-/m0/s1. The Labute approximate surface area is 391 Å². The first-order valence-electron chi connectivity index (χ1n) is 25.1. The summed E-state index contributed by atoms with van der Waals surface area (Å²) in [5, 5.41) is 23.9. The van der Waals surface area contributed by atoms with Gasteiger partial charge >= 0.3 is 0 Å². The molecule has 0 fully saturated rings. The molecule has 1 rings (SSSR count). The van der Waals surface area contributed by atoms with Gasteiger partial charge in [0.25, 0.3) is 0 Å². The average Bonchev–Trinajstić information content (AvgIpc) is 3.26. The van der Waals surface area contributed by atoms with Crippen LogP contribution in [0.2, 0.25) is 0 Å². The summed E-state index contributed by atoms with van der Waals surface area (Å²) in [5.41, 5.74) is 17.8. The van der Waals surface area contributed by atoms with E-state index in [1.165, 1.54) is 82.8 Å². The van der Waals surface area contributed by atoms with Crippen molar-refractivity contribution in [1.29, 1.82) is 0 Å². The first-order chi connectivity index (χ1) is 31.1. The Morgan fingerprint density at radius 1 is 0.523 bits per heavy atom. The van der Waals surface area contributed by atoms with Crippen LogP contribution in [0, 0.1) is 11.8 Å². The van der Waals surface area contributed by atoms with Crippen LogP contribution < -0.4 is 43.8 Å². The lowest BCUT2D eigenvalue weighted by Gasteiger charge is -2.28. The topological polar surface area (TPSA) is 261 Å². The third-order valence-corrected chi connectivity index (χ3v) is 11.8. The highest BCUT2D eigenvalue weighted by Crippen LogP contribution is 2.16. The highest BCUT2D eigenvalue weighted by atomic mass is 16.3. The second-order valence-electron chi connectivity index (χ2n) is 18.7. The lowest BCUT2D eigenvalue weighted by atomic mass is 10.00. The third-order valence-electron chi connectivity index (χ3n) is 11.8. The Morgan fingerprint density at radius 2 is 0.938 bits per heavy atom. The summed E-state index contributed by atoms with van der Waals surface area (Å²) in [6, 6.07) is 0.951. The van der Waals surface area contributed by atoms with Crippen LogP contribution in [-0.4, -0.2) is 83.8 Å². The first-order valence-corrected chi connectivity index (χ1v) is 25.1. The van der Waals surface area contributed by atoms with E-state index in [4.69, 9.17) is 17.2 Å². The van der Waals surface area contributed by atoms with Crippen molar-refractivity contribution in [2.75, 3.05) is 13.1 Å². The lowest BCUT2D eigenvalue weighted by Crippen LogP contribution is -2.59. The molecule has 5 atom stereocenters. The molecule has 0 aliphatic heterocycles. The van der Waals surface area contributed by atoms with Gasteiger partial charge in [-0.25, -0.2) is 0 Å². The van der Waals surface area contributed by atoms with E-state index in [2.05, 4.69) is 33.5 Å². The molecule has 1 aromatic rings. The monoisotopic (exact) mass is 915 g/mol. The minimum absolute atomic E-state index is 0.00794. The van der Waals surface area contributed by atoms with Gasteiger partial charge in [0.15, 0.2) is 0 Å². The van der Waals surface area contributed by atoms with E-state index in [0.717, 1.165) is 25.7 Å². The highest BCUT2D eigenvalue weighted by molar-refractivity contribution is 5.96. The SMILES string of the molecule is CCCCCCCCCCCCCCCCCC(=O)N[C@H](C(=O)N[C@@H](CCCCN)C(=O)N[C@@H](CCCCN)C(=O)N[C@@H](Cc1ccc(O)cc1)C(=O)N[C@@H](CC(C)C)C(N)=O)C(C)C. The summed E-state index contributed by atoms with van der Waals surface area (Å²) < 4.78 is 0. The van der Waals surface area contributed by atoms with Gasteiger partial charge in [0.05, 0.1) is 0 Å². The minimum atomic E-state index is -1.18. The number of hydrogen-bond donors (Lipinski definition) is 9. The van der Waals surface area contributed by atoms with E-state index in [-0.39, 0.29) is 49.2 Å². The van der Waals surface area contributed by atoms with Gasteiger partial charge in [-0.1, -0.05) is 137 Å². The summed E-state index contributed by atoms with van der Waals surface area (Å²) in [5.74, 6) is -3.52.